The molecule has 3 N–H and O–H groups in total. The zero-order chi connectivity index (χ0) is 10.8. The number of carbonyl (C=O) groups excluding carboxylic acids is 1. The molecule has 2 aliphatic heterocycles. The minimum absolute atomic E-state index is 0.108. The SMILES string of the molecule is O=C1CC=CN(C2C[C@H](O)[C@@H](CO)O2)N1. The average molecular weight is 214 g/mol. The number of rotatable bonds is 2. The molecule has 84 valence electrons. The van der Waals surface area contributed by atoms with Crippen molar-refractivity contribution in [1.29, 1.82) is 0 Å². The number of hydrogen-bond acceptors (Lipinski definition) is 5. The highest BCUT2D eigenvalue weighted by atomic mass is 16.5. The van der Waals surface area contributed by atoms with E-state index in [0.29, 0.717) is 12.8 Å². The molecule has 2 heterocycles. The van der Waals surface area contributed by atoms with Gasteiger partial charge in [-0.1, -0.05) is 6.08 Å². The summed E-state index contributed by atoms with van der Waals surface area (Å²) < 4.78 is 5.37. The smallest absolute Gasteiger partial charge is 0.242 e. The average Bonchev–Trinajstić information content (AvgIpc) is 2.60. The molecule has 2 rings (SSSR count). The van der Waals surface area contributed by atoms with E-state index in [1.165, 1.54) is 5.01 Å². The van der Waals surface area contributed by atoms with Crippen LogP contribution < -0.4 is 5.43 Å². The zero-order valence-electron chi connectivity index (χ0n) is 8.17. The van der Waals surface area contributed by atoms with Crippen molar-refractivity contribution in [2.45, 2.75) is 31.3 Å². The van der Waals surface area contributed by atoms with E-state index in [2.05, 4.69) is 5.43 Å². The zero-order valence-corrected chi connectivity index (χ0v) is 8.17. The van der Waals surface area contributed by atoms with Crippen molar-refractivity contribution in [3.05, 3.63) is 12.3 Å². The highest BCUT2D eigenvalue weighted by Crippen LogP contribution is 2.23. The Morgan fingerprint density at radius 1 is 1.67 bits per heavy atom. The number of carbonyl (C=O) groups is 1. The van der Waals surface area contributed by atoms with Gasteiger partial charge in [0.15, 0.2) is 6.23 Å². The Morgan fingerprint density at radius 2 is 2.47 bits per heavy atom. The summed E-state index contributed by atoms with van der Waals surface area (Å²) in [5, 5.41) is 19.9. The van der Waals surface area contributed by atoms with Gasteiger partial charge in [0.1, 0.15) is 6.10 Å². The number of ether oxygens (including phenoxy) is 1. The summed E-state index contributed by atoms with van der Waals surface area (Å²) >= 11 is 0. The Balaban J connectivity index is 1.98. The predicted molar refractivity (Wildman–Crippen MR) is 50.1 cm³/mol. The van der Waals surface area contributed by atoms with Gasteiger partial charge >= 0.3 is 0 Å². The Bertz CT molecular complexity index is 281. The molecule has 0 aliphatic carbocycles. The Morgan fingerprint density at radius 3 is 3.07 bits per heavy atom. The topological polar surface area (TPSA) is 82.0 Å². The van der Waals surface area contributed by atoms with Gasteiger partial charge in [0.05, 0.1) is 12.7 Å². The van der Waals surface area contributed by atoms with Crippen molar-refractivity contribution in [3.8, 4) is 0 Å². The molecule has 6 heteroatoms. The maximum atomic E-state index is 11.1. The van der Waals surface area contributed by atoms with Crippen LogP contribution in [0.5, 0.6) is 0 Å². The van der Waals surface area contributed by atoms with Crippen LogP contribution in [0.3, 0.4) is 0 Å². The lowest BCUT2D eigenvalue weighted by Crippen LogP contribution is -2.47. The number of hydrazine groups is 1. The van der Waals surface area contributed by atoms with Gasteiger partial charge in [0.2, 0.25) is 5.91 Å². The first kappa shape index (κ1) is 10.4. The summed E-state index contributed by atoms with van der Waals surface area (Å²) in [4.78, 5) is 11.1. The number of aliphatic hydroxyl groups excluding tert-OH is 2. The molecule has 1 unspecified atom stereocenters. The molecule has 0 aromatic carbocycles. The largest absolute Gasteiger partial charge is 0.394 e. The monoisotopic (exact) mass is 214 g/mol. The summed E-state index contributed by atoms with van der Waals surface area (Å²) in [6.45, 7) is -0.219. The lowest BCUT2D eigenvalue weighted by Gasteiger charge is -2.29. The standard InChI is InChI=1S/C9H14N2O4/c12-5-7-6(13)4-9(15-7)11-3-1-2-8(14)10-11/h1,3,6-7,9,12-13H,2,4-5H2,(H,10,14)/t6-,7+,9?/m0/s1. The third-order valence-electron chi connectivity index (χ3n) is 2.52. The van der Waals surface area contributed by atoms with Crippen LogP contribution in [0.4, 0.5) is 0 Å². The maximum Gasteiger partial charge on any atom is 0.242 e. The van der Waals surface area contributed by atoms with Gasteiger partial charge in [-0.15, -0.1) is 0 Å². The molecule has 6 nitrogen and oxygen atoms in total. The fraction of sp³-hybridized carbons (Fsp3) is 0.667. The molecule has 0 saturated carbocycles. The molecule has 1 amide bonds. The van der Waals surface area contributed by atoms with Crippen LogP contribution in [-0.4, -0.2) is 46.2 Å². The Labute approximate surface area is 87.1 Å². The van der Waals surface area contributed by atoms with Crippen LogP contribution in [0.2, 0.25) is 0 Å². The van der Waals surface area contributed by atoms with E-state index >= 15 is 0 Å². The normalized spacial score (nSPS) is 35.7. The Kier molecular flexibility index (Phi) is 2.90. The molecule has 0 spiro atoms. The fourth-order valence-corrected chi connectivity index (χ4v) is 1.72. The molecule has 1 saturated heterocycles. The van der Waals surface area contributed by atoms with Gasteiger partial charge in [-0.2, -0.15) is 0 Å². The van der Waals surface area contributed by atoms with Gasteiger partial charge in [-0.05, 0) is 0 Å². The van der Waals surface area contributed by atoms with Crippen molar-refractivity contribution >= 4 is 5.91 Å². The van der Waals surface area contributed by atoms with Crippen molar-refractivity contribution < 1.29 is 19.7 Å². The summed E-state index contributed by atoms with van der Waals surface area (Å²) in [7, 11) is 0. The first-order valence-corrected chi connectivity index (χ1v) is 4.89. The summed E-state index contributed by atoms with van der Waals surface area (Å²) in [6, 6.07) is 0. The quantitative estimate of drug-likeness (QED) is 0.532. The second-order valence-corrected chi connectivity index (χ2v) is 3.65. The van der Waals surface area contributed by atoms with Gasteiger partial charge < -0.3 is 14.9 Å². The lowest BCUT2D eigenvalue weighted by molar-refractivity contribution is -0.133. The van der Waals surface area contributed by atoms with Gasteiger partial charge in [0.25, 0.3) is 0 Å². The van der Waals surface area contributed by atoms with Crippen molar-refractivity contribution in [3.63, 3.8) is 0 Å². The highest BCUT2D eigenvalue weighted by Gasteiger charge is 2.36. The van der Waals surface area contributed by atoms with E-state index in [1.807, 2.05) is 0 Å². The summed E-state index contributed by atoms with van der Waals surface area (Å²) in [5.74, 6) is -0.108. The van der Waals surface area contributed by atoms with E-state index < -0.39 is 18.4 Å². The second kappa shape index (κ2) is 4.18. The van der Waals surface area contributed by atoms with E-state index in [1.54, 1.807) is 12.3 Å². The number of aliphatic hydroxyl groups is 2. The van der Waals surface area contributed by atoms with Gasteiger partial charge in [-0.25, -0.2) is 0 Å². The molecule has 1 fully saturated rings. The molecular weight excluding hydrogens is 200 g/mol. The van der Waals surface area contributed by atoms with Crippen molar-refractivity contribution in [1.82, 2.24) is 10.4 Å². The molecular formula is C9H14N2O4. The minimum atomic E-state index is -0.688. The first-order chi connectivity index (χ1) is 7.20. The second-order valence-electron chi connectivity index (χ2n) is 3.65. The number of hydrogen-bond donors (Lipinski definition) is 3. The van der Waals surface area contributed by atoms with Crippen molar-refractivity contribution in [2.75, 3.05) is 6.61 Å². The summed E-state index contributed by atoms with van der Waals surface area (Å²) in [6.07, 6.45) is 2.50. The molecule has 0 bridgehead atoms. The van der Waals surface area contributed by atoms with Gasteiger partial charge in [0, 0.05) is 19.0 Å². The van der Waals surface area contributed by atoms with E-state index in [9.17, 15) is 9.90 Å². The van der Waals surface area contributed by atoms with Crippen molar-refractivity contribution in [2.24, 2.45) is 0 Å². The maximum absolute atomic E-state index is 11.1. The van der Waals surface area contributed by atoms with Crippen LogP contribution in [-0.2, 0) is 9.53 Å². The molecule has 0 aromatic heterocycles. The van der Waals surface area contributed by atoms with Crippen LogP contribution in [0, 0.1) is 0 Å². The number of nitrogens with one attached hydrogen (secondary N) is 1. The first-order valence-electron chi connectivity index (χ1n) is 4.89. The summed E-state index contributed by atoms with van der Waals surface area (Å²) in [5.41, 5.74) is 2.61. The van der Waals surface area contributed by atoms with Gasteiger partial charge in [-0.3, -0.25) is 15.2 Å². The Hall–Kier alpha value is -1.11. The third kappa shape index (κ3) is 2.11. The molecule has 0 radical (unpaired) electrons. The molecule has 2 aliphatic rings. The van der Waals surface area contributed by atoms with Crippen LogP contribution in [0.1, 0.15) is 12.8 Å². The number of nitrogens with zero attached hydrogens (tertiary/aromatic N) is 1. The predicted octanol–water partition coefficient (Wildman–Crippen LogP) is -1.29. The molecule has 0 aromatic rings. The molecule has 15 heavy (non-hydrogen) atoms. The van der Waals surface area contributed by atoms with E-state index in [0.717, 1.165) is 0 Å². The lowest BCUT2D eigenvalue weighted by atomic mass is 10.2. The fourth-order valence-electron chi connectivity index (χ4n) is 1.72. The number of amides is 1. The van der Waals surface area contributed by atoms with Crippen LogP contribution in [0.25, 0.3) is 0 Å². The third-order valence-corrected chi connectivity index (χ3v) is 2.52. The van der Waals surface area contributed by atoms with Crippen LogP contribution >= 0.6 is 0 Å². The van der Waals surface area contributed by atoms with Crippen LogP contribution in [0.15, 0.2) is 12.3 Å². The minimum Gasteiger partial charge on any atom is -0.394 e. The van der Waals surface area contributed by atoms with E-state index in [-0.39, 0.29) is 12.5 Å². The highest BCUT2D eigenvalue weighted by molar-refractivity contribution is 5.77. The molecule has 3 atom stereocenters. The van der Waals surface area contributed by atoms with E-state index in [4.69, 9.17) is 9.84 Å².